The minimum Gasteiger partial charge on any atom is -0.317 e. The van der Waals surface area contributed by atoms with E-state index in [0.29, 0.717) is 18.2 Å². The van der Waals surface area contributed by atoms with Gasteiger partial charge in [-0.05, 0) is 57.5 Å². The summed E-state index contributed by atoms with van der Waals surface area (Å²) in [6.07, 6.45) is 3.11. The summed E-state index contributed by atoms with van der Waals surface area (Å²) in [6.45, 7) is 3.68. The fraction of sp³-hybridized carbons (Fsp3) is 0.588. The van der Waals surface area contributed by atoms with E-state index in [-0.39, 0.29) is 17.8 Å². The summed E-state index contributed by atoms with van der Waals surface area (Å²) < 4.78 is 13.9. The Morgan fingerprint density at radius 1 is 1.27 bits per heavy atom. The molecular formula is C17H24FN3O. The molecule has 0 spiro atoms. The summed E-state index contributed by atoms with van der Waals surface area (Å²) in [4.78, 5) is 16.4. The Morgan fingerprint density at radius 2 is 2.00 bits per heavy atom. The fourth-order valence-electron chi connectivity index (χ4n) is 3.58. The molecule has 2 aliphatic rings. The molecule has 0 radical (unpaired) electrons. The van der Waals surface area contributed by atoms with Gasteiger partial charge in [-0.15, -0.1) is 0 Å². The monoisotopic (exact) mass is 305 g/mol. The van der Waals surface area contributed by atoms with Gasteiger partial charge in [0.15, 0.2) is 0 Å². The van der Waals surface area contributed by atoms with Gasteiger partial charge in [0, 0.05) is 13.1 Å². The molecule has 0 aliphatic carbocycles. The SMILES string of the molecule is CN(CC1CCNCC1)C1CCN(c2ccccc2F)C1=O. The number of carbonyl (C=O) groups excluding carboxylic acids is 1. The lowest BCUT2D eigenvalue weighted by Crippen LogP contribution is -2.43. The number of benzene rings is 1. The van der Waals surface area contributed by atoms with E-state index in [1.54, 1.807) is 23.1 Å². The van der Waals surface area contributed by atoms with Crippen LogP contribution in [-0.4, -0.2) is 50.1 Å². The van der Waals surface area contributed by atoms with Crippen LogP contribution in [0.25, 0.3) is 0 Å². The molecule has 2 saturated heterocycles. The molecule has 0 bridgehead atoms. The molecule has 5 heteroatoms. The van der Waals surface area contributed by atoms with E-state index in [9.17, 15) is 9.18 Å². The molecule has 2 fully saturated rings. The molecule has 1 aromatic carbocycles. The predicted octanol–water partition coefficient (Wildman–Crippen LogP) is 1.86. The molecule has 0 aromatic heterocycles. The maximum atomic E-state index is 13.9. The van der Waals surface area contributed by atoms with Crippen LogP contribution in [-0.2, 0) is 4.79 Å². The largest absolute Gasteiger partial charge is 0.317 e. The Hall–Kier alpha value is -1.46. The van der Waals surface area contributed by atoms with Crippen LogP contribution in [0.3, 0.4) is 0 Å². The number of hydrogen-bond acceptors (Lipinski definition) is 3. The lowest BCUT2D eigenvalue weighted by atomic mass is 9.97. The maximum Gasteiger partial charge on any atom is 0.244 e. The highest BCUT2D eigenvalue weighted by molar-refractivity contribution is 5.99. The average molecular weight is 305 g/mol. The number of halogens is 1. The molecule has 22 heavy (non-hydrogen) atoms. The van der Waals surface area contributed by atoms with E-state index in [0.717, 1.165) is 26.1 Å². The van der Waals surface area contributed by atoms with E-state index in [1.165, 1.54) is 18.9 Å². The zero-order chi connectivity index (χ0) is 15.5. The van der Waals surface area contributed by atoms with Crippen LogP contribution < -0.4 is 10.2 Å². The van der Waals surface area contributed by atoms with Crippen LogP contribution in [0.4, 0.5) is 10.1 Å². The number of piperidine rings is 1. The van der Waals surface area contributed by atoms with Crippen molar-refractivity contribution in [3.63, 3.8) is 0 Å². The van der Waals surface area contributed by atoms with Gasteiger partial charge in [0.1, 0.15) is 5.82 Å². The molecular weight excluding hydrogens is 281 g/mol. The normalized spacial score (nSPS) is 23.5. The summed E-state index contributed by atoms with van der Waals surface area (Å²) in [5, 5.41) is 3.37. The number of anilines is 1. The van der Waals surface area contributed by atoms with Crippen LogP contribution in [0.1, 0.15) is 19.3 Å². The van der Waals surface area contributed by atoms with E-state index < -0.39 is 0 Å². The Labute approximate surface area is 131 Å². The Kier molecular flexibility index (Phi) is 4.74. The van der Waals surface area contributed by atoms with Gasteiger partial charge in [0.25, 0.3) is 0 Å². The van der Waals surface area contributed by atoms with Crippen LogP contribution in [0.2, 0.25) is 0 Å². The number of amides is 1. The molecule has 1 amide bonds. The topological polar surface area (TPSA) is 35.6 Å². The standard InChI is InChI=1S/C17H24FN3O/c1-20(12-13-6-9-19-10-7-13)16-8-11-21(17(16)22)15-5-3-2-4-14(15)18/h2-5,13,16,19H,6-12H2,1H3. The lowest BCUT2D eigenvalue weighted by molar-refractivity contribution is -0.121. The second kappa shape index (κ2) is 6.75. The van der Waals surface area contributed by atoms with Crippen molar-refractivity contribution in [3.05, 3.63) is 30.1 Å². The number of nitrogens with one attached hydrogen (secondary N) is 1. The summed E-state index contributed by atoms with van der Waals surface area (Å²) in [6, 6.07) is 6.41. The van der Waals surface area contributed by atoms with Gasteiger partial charge in [-0.1, -0.05) is 12.1 Å². The van der Waals surface area contributed by atoms with Crippen LogP contribution in [0.15, 0.2) is 24.3 Å². The van der Waals surface area contributed by atoms with E-state index in [1.807, 2.05) is 7.05 Å². The van der Waals surface area contributed by atoms with Crippen molar-refractivity contribution in [2.45, 2.75) is 25.3 Å². The van der Waals surface area contributed by atoms with Gasteiger partial charge < -0.3 is 10.2 Å². The first-order valence-corrected chi connectivity index (χ1v) is 8.13. The maximum absolute atomic E-state index is 13.9. The lowest BCUT2D eigenvalue weighted by Gasteiger charge is -2.30. The summed E-state index contributed by atoms with van der Waals surface area (Å²) >= 11 is 0. The Balaban J connectivity index is 1.64. The molecule has 2 aliphatic heterocycles. The van der Waals surface area contributed by atoms with Crippen molar-refractivity contribution in [1.82, 2.24) is 10.2 Å². The number of hydrogen-bond donors (Lipinski definition) is 1. The highest BCUT2D eigenvalue weighted by Crippen LogP contribution is 2.27. The van der Waals surface area contributed by atoms with Crippen molar-refractivity contribution >= 4 is 11.6 Å². The fourth-order valence-corrected chi connectivity index (χ4v) is 3.58. The van der Waals surface area contributed by atoms with Gasteiger partial charge in [-0.3, -0.25) is 9.69 Å². The first kappa shape index (κ1) is 15.4. The number of para-hydroxylation sites is 1. The van der Waals surface area contributed by atoms with Gasteiger partial charge >= 0.3 is 0 Å². The molecule has 4 nitrogen and oxygen atoms in total. The third kappa shape index (κ3) is 3.15. The molecule has 120 valence electrons. The molecule has 1 atom stereocenters. The van der Waals surface area contributed by atoms with Crippen LogP contribution in [0.5, 0.6) is 0 Å². The minimum atomic E-state index is -0.322. The van der Waals surface area contributed by atoms with E-state index in [2.05, 4.69) is 10.2 Å². The minimum absolute atomic E-state index is 0.0292. The van der Waals surface area contributed by atoms with Crippen molar-refractivity contribution < 1.29 is 9.18 Å². The molecule has 3 rings (SSSR count). The Morgan fingerprint density at radius 3 is 2.73 bits per heavy atom. The third-order valence-electron chi connectivity index (χ3n) is 4.86. The average Bonchev–Trinajstić information content (AvgIpc) is 2.90. The molecule has 1 aromatic rings. The van der Waals surface area contributed by atoms with Crippen molar-refractivity contribution in [2.24, 2.45) is 5.92 Å². The van der Waals surface area contributed by atoms with Crippen molar-refractivity contribution in [1.29, 1.82) is 0 Å². The number of nitrogens with zero attached hydrogens (tertiary/aromatic N) is 2. The van der Waals surface area contributed by atoms with Crippen LogP contribution >= 0.6 is 0 Å². The summed E-state index contributed by atoms with van der Waals surface area (Å²) in [5.74, 6) is 0.362. The highest BCUT2D eigenvalue weighted by atomic mass is 19.1. The first-order chi connectivity index (χ1) is 10.7. The van der Waals surface area contributed by atoms with E-state index >= 15 is 0 Å². The Bertz CT molecular complexity index is 530. The summed E-state index contributed by atoms with van der Waals surface area (Å²) in [5.41, 5.74) is 0.408. The van der Waals surface area contributed by atoms with Gasteiger partial charge in [0.2, 0.25) is 5.91 Å². The number of rotatable bonds is 4. The summed E-state index contributed by atoms with van der Waals surface area (Å²) in [7, 11) is 2.02. The first-order valence-electron chi connectivity index (χ1n) is 8.13. The van der Waals surface area contributed by atoms with Gasteiger partial charge in [-0.25, -0.2) is 4.39 Å². The second-order valence-electron chi connectivity index (χ2n) is 6.38. The number of likely N-dealkylation sites (N-methyl/N-ethyl adjacent to an activating group) is 1. The quantitative estimate of drug-likeness (QED) is 0.922. The van der Waals surface area contributed by atoms with Crippen LogP contribution in [0, 0.1) is 11.7 Å². The predicted molar refractivity (Wildman–Crippen MR) is 85.4 cm³/mol. The van der Waals surface area contributed by atoms with Crippen molar-refractivity contribution in [2.75, 3.05) is 38.1 Å². The van der Waals surface area contributed by atoms with Gasteiger partial charge in [-0.2, -0.15) is 0 Å². The smallest absolute Gasteiger partial charge is 0.244 e. The molecule has 0 saturated carbocycles. The molecule has 2 heterocycles. The van der Waals surface area contributed by atoms with Crippen molar-refractivity contribution in [3.8, 4) is 0 Å². The van der Waals surface area contributed by atoms with E-state index in [4.69, 9.17) is 0 Å². The highest BCUT2D eigenvalue weighted by Gasteiger charge is 2.36. The molecule has 1 N–H and O–H groups in total. The van der Waals surface area contributed by atoms with Gasteiger partial charge in [0.05, 0.1) is 11.7 Å². The number of carbonyl (C=O) groups is 1. The second-order valence-corrected chi connectivity index (χ2v) is 6.38. The third-order valence-corrected chi connectivity index (χ3v) is 4.86. The zero-order valence-electron chi connectivity index (χ0n) is 13.1. The zero-order valence-corrected chi connectivity index (χ0v) is 13.1. The molecule has 1 unspecified atom stereocenters.